The molecule has 22 heavy (non-hydrogen) atoms. The summed E-state index contributed by atoms with van der Waals surface area (Å²) in [5, 5.41) is 2.87. The van der Waals surface area contributed by atoms with E-state index in [0.29, 0.717) is 43.5 Å². The maximum absolute atomic E-state index is 12.4. The molecule has 1 unspecified atom stereocenters. The number of hydrogen-bond donors (Lipinski definition) is 1. The van der Waals surface area contributed by atoms with Gasteiger partial charge in [0, 0.05) is 19.8 Å². The Morgan fingerprint density at radius 3 is 2.59 bits per heavy atom. The topological polar surface area (TPSA) is 69.7 Å². The van der Waals surface area contributed by atoms with E-state index in [1.54, 1.807) is 26.2 Å². The van der Waals surface area contributed by atoms with Gasteiger partial charge in [-0.1, -0.05) is 6.92 Å². The van der Waals surface area contributed by atoms with Gasteiger partial charge in [0.1, 0.15) is 12.2 Å². The molecule has 0 aliphatic rings. The first kappa shape index (κ1) is 18.4. The van der Waals surface area contributed by atoms with Gasteiger partial charge in [0.2, 0.25) is 5.88 Å². The Morgan fingerprint density at radius 1 is 1.32 bits per heavy atom. The van der Waals surface area contributed by atoms with Gasteiger partial charge >= 0.3 is 0 Å². The quantitative estimate of drug-likeness (QED) is 0.710. The second kappa shape index (κ2) is 8.70. The van der Waals surface area contributed by atoms with Crippen LogP contribution in [0.25, 0.3) is 0 Å². The molecule has 1 rings (SSSR count). The van der Waals surface area contributed by atoms with E-state index in [1.165, 1.54) is 0 Å². The second-order valence-corrected chi connectivity index (χ2v) is 5.10. The van der Waals surface area contributed by atoms with Crippen molar-refractivity contribution in [1.82, 2.24) is 4.98 Å². The van der Waals surface area contributed by atoms with E-state index in [0.717, 1.165) is 0 Å². The summed E-state index contributed by atoms with van der Waals surface area (Å²) in [5.74, 6) is 0.338. The first-order valence-electron chi connectivity index (χ1n) is 7.51. The van der Waals surface area contributed by atoms with Crippen molar-refractivity contribution in [2.24, 2.45) is 0 Å². The molecule has 6 heteroatoms. The number of rotatable bonds is 9. The Bertz CT molecular complexity index is 493. The third-order valence-corrected chi connectivity index (χ3v) is 3.46. The van der Waals surface area contributed by atoms with E-state index in [2.05, 4.69) is 10.3 Å². The Kier molecular flexibility index (Phi) is 7.27. The predicted molar refractivity (Wildman–Crippen MR) is 85.3 cm³/mol. The fourth-order valence-corrected chi connectivity index (χ4v) is 1.88. The number of carbonyl (C=O) groups is 1. The highest BCUT2D eigenvalue weighted by Crippen LogP contribution is 2.21. The van der Waals surface area contributed by atoms with Crippen molar-refractivity contribution < 1.29 is 19.0 Å². The normalized spacial score (nSPS) is 13.5. The average Bonchev–Trinajstić information content (AvgIpc) is 2.50. The molecular weight excluding hydrogens is 284 g/mol. The fraction of sp³-hybridized carbons (Fsp3) is 0.625. The minimum absolute atomic E-state index is 0.171. The van der Waals surface area contributed by atoms with Gasteiger partial charge < -0.3 is 19.5 Å². The third-order valence-electron chi connectivity index (χ3n) is 3.46. The van der Waals surface area contributed by atoms with Crippen LogP contribution < -0.4 is 10.1 Å². The van der Waals surface area contributed by atoms with Crippen molar-refractivity contribution in [2.45, 2.75) is 39.7 Å². The highest BCUT2D eigenvalue weighted by atomic mass is 16.5. The van der Waals surface area contributed by atoms with E-state index in [9.17, 15) is 4.79 Å². The molecule has 1 amide bonds. The van der Waals surface area contributed by atoms with Gasteiger partial charge in [-0.2, -0.15) is 0 Å². The molecule has 0 radical (unpaired) electrons. The minimum atomic E-state index is -0.838. The first-order valence-corrected chi connectivity index (χ1v) is 7.51. The summed E-state index contributed by atoms with van der Waals surface area (Å²) in [6.07, 6.45) is 0.595. The van der Waals surface area contributed by atoms with Crippen molar-refractivity contribution in [3.8, 4) is 5.88 Å². The fourth-order valence-electron chi connectivity index (χ4n) is 1.88. The third kappa shape index (κ3) is 4.96. The molecule has 0 bridgehead atoms. The number of hydrogen-bond acceptors (Lipinski definition) is 5. The Labute approximate surface area is 132 Å². The Hall–Kier alpha value is -1.66. The zero-order valence-electron chi connectivity index (χ0n) is 14.1. The smallest absolute Gasteiger partial charge is 0.256 e. The lowest BCUT2D eigenvalue weighted by Gasteiger charge is -2.27. The van der Waals surface area contributed by atoms with Crippen molar-refractivity contribution >= 4 is 11.6 Å². The summed E-state index contributed by atoms with van der Waals surface area (Å²) >= 11 is 0. The number of nitrogens with one attached hydrogen (secondary N) is 1. The minimum Gasteiger partial charge on any atom is -0.475 e. The summed E-state index contributed by atoms with van der Waals surface area (Å²) in [4.78, 5) is 16.7. The predicted octanol–water partition coefficient (Wildman–Crippen LogP) is 2.56. The van der Waals surface area contributed by atoms with E-state index in [1.807, 2.05) is 20.8 Å². The van der Waals surface area contributed by atoms with Gasteiger partial charge in [0.25, 0.3) is 5.91 Å². The number of amides is 1. The lowest BCUT2D eigenvalue weighted by molar-refractivity contribution is -0.139. The highest BCUT2D eigenvalue weighted by Gasteiger charge is 2.32. The second-order valence-electron chi connectivity index (χ2n) is 5.10. The maximum atomic E-state index is 12.4. The van der Waals surface area contributed by atoms with Gasteiger partial charge in [0.05, 0.1) is 18.0 Å². The number of anilines is 1. The Balaban J connectivity index is 2.75. The monoisotopic (exact) mass is 310 g/mol. The number of aryl methyl sites for hydroxylation is 1. The van der Waals surface area contributed by atoms with Gasteiger partial charge in [-0.05, 0) is 33.3 Å². The molecule has 0 fully saturated rings. The molecule has 0 aliphatic carbocycles. The van der Waals surface area contributed by atoms with Gasteiger partial charge in [0.15, 0.2) is 0 Å². The number of carbonyl (C=O) groups excluding carboxylic acids is 1. The molecule has 1 aromatic heterocycles. The Morgan fingerprint density at radius 2 is 2.05 bits per heavy atom. The van der Waals surface area contributed by atoms with Crippen LogP contribution in [0.1, 0.15) is 32.9 Å². The largest absolute Gasteiger partial charge is 0.475 e. The zero-order chi connectivity index (χ0) is 16.6. The number of pyridine rings is 1. The van der Waals surface area contributed by atoms with Crippen molar-refractivity contribution in [2.75, 3.05) is 32.2 Å². The number of methoxy groups -OCH3 is 1. The number of nitrogens with zero attached hydrogens (tertiary/aromatic N) is 1. The molecule has 0 aliphatic heterocycles. The first-order chi connectivity index (χ1) is 10.5. The number of aromatic nitrogens is 1. The van der Waals surface area contributed by atoms with Crippen molar-refractivity contribution in [1.29, 1.82) is 0 Å². The molecule has 0 saturated carbocycles. The van der Waals surface area contributed by atoms with Gasteiger partial charge in [-0.15, -0.1) is 0 Å². The molecule has 6 nitrogen and oxygen atoms in total. The van der Waals surface area contributed by atoms with Crippen LogP contribution in [0, 0.1) is 6.92 Å². The summed E-state index contributed by atoms with van der Waals surface area (Å²) in [6, 6.07) is 3.51. The summed E-state index contributed by atoms with van der Waals surface area (Å²) in [5.41, 5.74) is 0.510. The summed E-state index contributed by atoms with van der Waals surface area (Å²) in [6.45, 7) is 8.84. The van der Waals surface area contributed by atoms with E-state index >= 15 is 0 Å². The molecular formula is C16H26N2O4. The van der Waals surface area contributed by atoms with E-state index in [-0.39, 0.29) is 5.91 Å². The molecule has 1 aromatic rings. The standard InChI is InChI=1S/C16H26N2O4/c1-6-16(4,22-7-2)15(19)18-13-8-9-14(17-12(13)3)21-11-10-20-5/h8-9H,6-7,10-11H2,1-5H3,(H,18,19). The molecule has 124 valence electrons. The molecule has 0 aromatic carbocycles. The van der Waals surface area contributed by atoms with Crippen LogP contribution >= 0.6 is 0 Å². The average molecular weight is 310 g/mol. The van der Waals surface area contributed by atoms with Crippen LogP contribution in [0.15, 0.2) is 12.1 Å². The zero-order valence-corrected chi connectivity index (χ0v) is 14.1. The van der Waals surface area contributed by atoms with Crippen molar-refractivity contribution in [3.63, 3.8) is 0 Å². The summed E-state index contributed by atoms with van der Waals surface area (Å²) in [7, 11) is 1.61. The van der Waals surface area contributed by atoms with Crippen LogP contribution in [0.2, 0.25) is 0 Å². The van der Waals surface area contributed by atoms with Crippen LogP contribution in [-0.4, -0.2) is 43.4 Å². The van der Waals surface area contributed by atoms with E-state index < -0.39 is 5.60 Å². The number of ether oxygens (including phenoxy) is 3. The maximum Gasteiger partial charge on any atom is 0.256 e. The SMILES string of the molecule is CCOC(C)(CC)C(=O)Nc1ccc(OCCOC)nc1C. The lowest BCUT2D eigenvalue weighted by Crippen LogP contribution is -2.42. The van der Waals surface area contributed by atoms with Crippen molar-refractivity contribution in [3.05, 3.63) is 17.8 Å². The van der Waals surface area contributed by atoms with E-state index in [4.69, 9.17) is 14.2 Å². The molecule has 0 spiro atoms. The molecule has 1 heterocycles. The van der Waals surface area contributed by atoms with Gasteiger partial charge in [-0.3, -0.25) is 4.79 Å². The molecule has 1 atom stereocenters. The van der Waals surface area contributed by atoms with Gasteiger partial charge in [-0.25, -0.2) is 4.98 Å². The van der Waals surface area contributed by atoms with Crippen LogP contribution in [-0.2, 0) is 14.3 Å². The lowest BCUT2D eigenvalue weighted by atomic mass is 10.0. The molecule has 1 N–H and O–H groups in total. The molecule has 0 saturated heterocycles. The van der Waals surface area contributed by atoms with Crippen LogP contribution in [0.4, 0.5) is 5.69 Å². The summed E-state index contributed by atoms with van der Waals surface area (Å²) < 4.78 is 15.9. The van der Waals surface area contributed by atoms with Crippen LogP contribution in [0.3, 0.4) is 0 Å². The highest BCUT2D eigenvalue weighted by molar-refractivity contribution is 5.97. The van der Waals surface area contributed by atoms with Crippen LogP contribution in [0.5, 0.6) is 5.88 Å².